The average Bonchev–Trinajstić information content (AvgIpc) is 3.28. The maximum atomic E-state index is 13.7. The molecule has 1 unspecified atom stereocenters. The number of nitrogens with zero attached hydrogens (tertiary/aromatic N) is 2. The first kappa shape index (κ1) is 22.4. The Bertz CT molecular complexity index is 1220. The largest absolute Gasteiger partial charge is 0.478 e. The zero-order chi connectivity index (χ0) is 22.6. The van der Waals surface area contributed by atoms with Crippen LogP contribution in [0.3, 0.4) is 0 Å². The second-order valence-corrected chi connectivity index (χ2v) is 9.78. The Labute approximate surface area is 182 Å². The van der Waals surface area contributed by atoms with Crippen molar-refractivity contribution in [3.8, 4) is 11.8 Å². The van der Waals surface area contributed by atoms with E-state index in [9.17, 15) is 22.7 Å². The van der Waals surface area contributed by atoms with E-state index in [1.54, 1.807) is 29.6 Å². The van der Waals surface area contributed by atoms with E-state index in [0.717, 1.165) is 23.5 Å². The van der Waals surface area contributed by atoms with Crippen molar-refractivity contribution in [1.29, 1.82) is 5.26 Å². The Morgan fingerprint density at radius 3 is 2.55 bits per heavy atom. The third-order valence-corrected chi connectivity index (χ3v) is 7.49. The molecular formula is C21H17FN2O5S2. The predicted molar refractivity (Wildman–Crippen MR) is 112 cm³/mol. The molecular weight excluding hydrogens is 443 g/mol. The van der Waals surface area contributed by atoms with Gasteiger partial charge in [-0.3, -0.25) is 0 Å². The SMILES string of the molecule is CN(Cc1ccc(OC(C(=O)O)c2cc(F)cc(C#N)c2)cc1)S(=O)(=O)c1cccs1. The molecule has 0 bridgehead atoms. The Kier molecular flexibility index (Phi) is 6.70. The molecule has 3 aromatic rings. The summed E-state index contributed by atoms with van der Waals surface area (Å²) in [5, 5.41) is 20.1. The van der Waals surface area contributed by atoms with Crippen molar-refractivity contribution in [3.63, 3.8) is 0 Å². The quantitative estimate of drug-likeness (QED) is 0.548. The number of halogens is 1. The summed E-state index contributed by atoms with van der Waals surface area (Å²) in [6, 6.07) is 14.4. The number of aliphatic carboxylic acids is 1. The Morgan fingerprint density at radius 2 is 1.97 bits per heavy atom. The van der Waals surface area contributed by atoms with Crippen LogP contribution < -0.4 is 4.74 Å². The van der Waals surface area contributed by atoms with Crippen LogP contribution in [-0.2, 0) is 21.4 Å². The van der Waals surface area contributed by atoms with Gasteiger partial charge < -0.3 is 9.84 Å². The zero-order valence-corrected chi connectivity index (χ0v) is 17.9. The normalized spacial score (nSPS) is 12.3. The fraction of sp³-hybridized carbons (Fsp3) is 0.143. The van der Waals surface area contributed by atoms with Crippen molar-refractivity contribution >= 4 is 27.3 Å². The second-order valence-electron chi connectivity index (χ2n) is 6.56. The van der Waals surface area contributed by atoms with Crippen LogP contribution in [0.15, 0.2) is 64.2 Å². The molecule has 160 valence electrons. The predicted octanol–water partition coefficient (Wildman–Crippen LogP) is 3.78. The highest BCUT2D eigenvalue weighted by Crippen LogP contribution is 2.26. The van der Waals surface area contributed by atoms with Crippen LogP contribution in [0, 0.1) is 17.1 Å². The highest BCUT2D eigenvalue weighted by atomic mass is 32.2. The smallest absolute Gasteiger partial charge is 0.349 e. The van der Waals surface area contributed by atoms with Gasteiger partial charge in [0.05, 0.1) is 11.6 Å². The minimum atomic E-state index is -3.60. The molecule has 0 radical (unpaired) electrons. The summed E-state index contributed by atoms with van der Waals surface area (Å²) in [6.07, 6.45) is -1.52. The van der Waals surface area contributed by atoms with Crippen molar-refractivity contribution in [3.05, 3.63) is 82.5 Å². The molecule has 1 N–H and O–H groups in total. The summed E-state index contributed by atoms with van der Waals surface area (Å²) in [4.78, 5) is 11.6. The van der Waals surface area contributed by atoms with E-state index in [1.165, 1.54) is 35.6 Å². The number of carbonyl (C=O) groups is 1. The van der Waals surface area contributed by atoms with Gasteiger partial charge in [0.1, 0.15) is 15.8 Å². The van der Waals surface area contributed by atoms with Gasteiger partial charge in [-0.25, -0.2) is 17.6 Å². The number of hydrogen-bond donors (Lipinski definition) is 1. The summed E-state index contributed by atoms with van der Waals surface area (Å²) in [7, 11) is -2.13. The van der Waals surface area contributed by atoms with Crippen LogP contribution in [0.1, 0.15) is 22.8 Å². The molecule has 3 rings (SSSR count). The first-order valence-corrected chi connectivity index (χ1v) is 11.2. The van der Waals surface area contributed by atoms with Crippen LogP contribution in [0.25, 0.3) is 0 Å². The monoisotopic (exact) mass is 460 g/mol. The van der Waals surface area contributed by atoms with Crippen LogP contribution in [0.5, 0.6) is 5.75 Å². The highest BCUT2D eigenvalue weighted by Gasteiger charge is 2.24. The summed E-state index contributed by atoms with van der Waals surface area (Å²) >= 11 is 1.13. The van der Waals surface area contributed by atoms with E-state index >= 15 is 0 Å². The molecule has 0 aliphatic carbocycles. The molecule has 0 saturated carbocycles. The standard InChI is InChI=1S/C21H17FN2O5S2/c1-24(31(27,28)19-3-2-8-30-19)13-14-4-6-18(7-5-14)29-20(21(25)26)16-9-15(12-23)10-17(22)11-16/h2-11,20H,13H2,1H3,(H,25,26). The van der Waals surface area contributed by atoms with Crippen LogP contribution in [0.4, 0.5) is 4.39 Å². The summed E-state index contributed by atoms with van der Waals surface area (Å²) in [5.74, 6) is -1.89. The molecule has 0 aliphatic rings. The van der Waals surface area contributed by atoms with Gasteiger partial charge in [-0.05, 0) is 47.3 Å². The molecule has 1 aromatic heterocycles. The maximum absolute atomic E-state index is 13.7. The number of hydrogen-bond acceptors (Lipinski definition) is 6. The molecule has 0 saturated heterocycles. The molecule has 1 heterocycles. The Morgan fingerprint density at radius 1 is 1.26 bits per heavy atom. The molecule has 0 spiro atoms. The number of nitriles is 1. The molecule has 7 nitrogen and oxygen atoms in total. The molecule has 0 amide bonds. The lowest BCUT2D eigenvalue weighted by atomic mass is 10.1. The molecule has 0 fully saturated rings. The van der Waals surface area contributed by atoms with E-state index in [1.807, 2.05) is 0 Å². The van der Waals surface area contributed by atoms with Crippen molar-refractivity contribution in [2.75, 3.05) is 7.05 Å². The van der Waals surface area contributed by atoms with Crippen LogP contribution in [-0.4, -0.2) is 30.8 Å². The number of carboxylic acid groups (broad SMARTS) is 1. The van der Waals surface area contributed by atoms with Gasteiger partial charge >= 0.3 is 5.97 Å². The van der Waals surface area contributed by atoms with Crippen molar-refractivity contribution in [2.24, 2.45) is 0 Å². The summed E-state index contributed by atoms with van der Waals surface area (Å²) < 4.78 is 45.7. The lowest BCUT2D eigenvalue weighted by molar-refractivity contribution is -0.145. The van der Waals surface area contributed by atoms with E-state index in [-0.39, 0.29) is 27.6 Å². The molecule has 2 aromatic carbocycles. The van der Waals surface area contributed by atoms with Crippen molar-refractivity contribution in [2.45, 2.75) is 16.9 Å². The topological polar surface area (TPSA) is 108 Å². The molecule has 0 aliphatic heterocycles. The highest BCUT2D eigenvalue weighted by molar-refractivity contribution is 7.91. The minimum Gasteiger partial charge on any atom is -0.478 e. The number of ether oxygens (including phenoxy) is 1. The fourth-order valence-corrected chi connectivity index (χ4v) is 5.16. The van der Waals surface area contributed by atoms with E-state index < -0.39 is 27.9 Å². The second kappa shape index (κ2) is 9.26. The van der Waals surface area contributed by atoms with Gasteiger partial charge in [0, 0.05) is 19.2 Å². The van der Waals surface area contributed by atoms with Crippen LogP contribution >= 0.6 is 11.3 Å². The Hall–Kier alpha value is -3.26. The third kappa shape index (κ3) is 5.27. The molecule has 10 heteroatoms. The average molecular weight is 461 g/mol. The number of sulfonamides is 1. The van der Waals surface area contributed by atoms with Gasteiger partial charge in [-0.1, -0.05) is 18.2 Å². The first-order valence-electron chi connectivity index (χ1n) is 8.89. The molecule has 31 heavy (non-hydrogen) atoms. The Balaban J connectivity index is 1.75. The van der Waals surface area contributed by atoms with Gasteiger partial charge in [0.15, 0.2) is 0 Å². The zero-order valence-electron chi connectivity index (χ0n) is 16.2. The lowest BCUT2D eigenvalue weighted by Crippen LogP contribution is -2.25. The lowest BCUT2D eigenvalue weighted by Gasteiger charge is -2.18. The minimum absolute atomic E-state index is 0.00472. The van der Waals surface area contributed by atoms with E-state index in [4.69, 9.17) is 10.00 Å². The van der Waals surface area contributed by atoms with Gasteiger partial charge in [0.25, 0.3) is 10.0 Å². The first-order chi connectivity index (χ1) is 14.7. The number of thiophene rings is 1. The summed E-state index contributed by atoms with van der Waals surface area (Å²) in [6.45, 7) is 0.109. The number of benzene rings is 2. The van der Waals surface area contributed by atoms with Crippen molar-refractivity contribution < 1.29 is 27.4 Å². The summed E-state index contributed by atoms with van der Waals surface area (Å²) in [5.41, 5.74) is 0.643. The van der Waals surface area contributed by atoms with E-state index in [2.05, 4.69) is 0 Å². The maximum Gasteiger partial charge on any atom is 0.349 e. The van der Waals surface area contributed by atoms with Gasteiger partial charge in [-0.15, -0.1) is 11.3 Å². The van der Waals surface area contributed by atoms with Crippen LogP contribution in [0.2, 0.25) is 0 Å². The van der Waals surface area contributed by atoms with Gasteiger partial charge in [0.2, 0.25) is 6.10 Å². The number of rotatable bonds is 8. The number of carboxylic acids is 1. The van der Waals surface area contributed by atoms with Crippen molar-refractivity contribution in [1.82, 2.24) is 4.31 Å². The third-order valence-electron chi connectivity index (χ3n) is 4.32. The van der Waals surface area contributed by atoms with Gasteiger partial charge in [-0.2, -0.15) is 9.57 Å². The van der Waals surface area contributed by atoms with E-state index in [0.29, 0.717) is 5.56 Å². The fourth-order valence-electron chi connectivity index (χ4n) is 2.80. The molecule has 1 atom stereocenters.